The van der Waals surface area contributed by atoms with Gasteiger partial charge in [-0.25, -0.2) is 4.39 Å². The maximum Gasteiger partial charge on any atom is 0.123 e. The molecule has 110 valence electrons. The van der Waals surface area contributed by atoms with Crippen molar-refractivity contribution in [2.75, 3.05) is 7.05 Å². The van der Waals surface area contributed by atoms with Crippen LogP contribution >= 0.6 is 0 Å². The zero-order chi connectivity index (χ0) is 14.7. The predicted molar refractivity (Wildman–Crippen MR) is 82.0 cm³/mol. The molecule has 1 aliphatic carbocycles. The molecule has 1 aliphatic rings. The Bertz CT molecular complexity index is 575. The van der Waals surface area contributed by atoms with E-state index in [2.05, 4.69) is 17.4 Å². The zero-order valence-electron chi connectivity index (χ0n) is 12.2. The van der Waals surface area contributed by atoms with Gasteiger partial charge >= 0.3 is 0 Å². The van der Waals surface area contributed by atoms with Crippen molar-refractivity contribution in [1.82, 2.24) is 5.32 Å². The Morgan fingerprint density at radius 3 is 2.33 bits per heavy atom. The highest BCUT2D eigenvalue weighted by molar-refractivity contribution is 5.31. The van der Waals surface area contributed by atoms with Crippen molar-refractivity contribution >= 4 is 0 Å². The summed E-state index contributed by atoms with van der Waals surface area (Å²) in [6.07, 6.45) is 3.60. The molecule has 0 amide bonds. The summed E-state index contributed by atoms with van der Waals surface area (Å²) in [4.78, 5) is 0. The van der Waals surface area contributed by atoms with Crippen LogP contribution in [-0.2, 0) is 6.42 Å². The van der Waals surface area contributed by atoms with E-state index in [9.17, 15) is 4.39 Å². The summed E-state index contributed by atoms with van der Waals surface area (Å²) < 4.78 is 18.7. The molecule has 1 unspecified atom stereocenters. The molecule has 3 rings (SSSR count). The van der Waals surface area contributed by atoms with Gasteiger partial charge in [-0.15, -0.1) is 0 Å². The minimum Gasteiger partial charge on any atom is -0.490 e. The highest BCUT2D eigenvalue weighted by Gasteiger charge is 2.23. The van der Waals surface area contributed by atoms with Crippen LogP contribution < -0.4 is 10.1 Å². The standard InChI is InChI=1S/C18H20FNO/c1-20-18(12-13-2-6-15(19)7-3-13)14-4-8-16(9-5-14)21-17-10-11-17/h2-9,17-18,20H,10-12H2,1H3. The van der Waals surface area contributed by atoms with Crippen molar-refractivity contribution in [3.63, 3.8) is 0 Å². The quantitative estimate of drug-likeness (QED) is 0.870. The number of benzene rings is 2. The normalized spacial score (nSPS) is 15.7. The van der Waals surface area contributed by atoms with Gasteiger partial charge in [0.1, 0.15) is 11.6 Å². The van der Waals surface area contributed by atoms with Crippen LogP contribution in [0.3, 0.4) is 0 Å². The SMILES string of the molecule is CNC(Cc1ccc(F)cc1)c1ccc(OC2CC2)cc1. The van der Waals surface area contributed by atoms with Crippen molar-refractivity contribution in [3.8, 4) is 5.75 Å². The molecule has 0 aliphatic heterocycles. The number of likely N-dealkylation sites (N-methyl/N-ethyl adjacent to an activating group) is 1. The first-order valence-electron chi connectivity index (χ1n) is 7.43. The lowest BCUT2D eigenvalue weighted by atomic mass is 9.99. The van der Waals surface area contributed by atoms with E-state index in [1.54, 1.807) is 0 Å². The van der Waals surface area contributed by atoms with E-state index in [0.29, 0.717) is 6.10 Å². The van der Waals surface area contributed by atoms with E-state index in [4.69, 9.17) is 4.74 Å². The van der Waals surface area contributed by atoms with E-state index in [1.807, 2.05) is 31.3 Å². The minimum atomic E-state index is -0.193. The summed E-state index contributed by atoms with van der Waals surface area (Å²) in [7, 11) is 1.95. The van der Waals surface area contributed by atoms with Crippen molar-refractivity contribution in [1.29, 1.82) is 0 Å². The molecule has 2 nitrogen and oxygen atoms in total. The van der Waals surface area contributed by atoms with Crippen LogP contribution in [0, 0.1) is 5.82 Å². The molecule has 21 heavy (non-hydrogen) atoms. The molecule has 0 bridgehead atoms. The van der Waals surface area contributed by atoms with Crippen LogP contribution in [0.25, 0.3) is 0 Å². The Morgan fingerprint density at radius 1 is 1.10 bits per heavy atom. The third kappa shape index (κ3) is 3.82. The highest BCUT2D eigenvalue weighted by atomic mass is 19.1. The summed E-state index contributed by atoms with van der Waals surface area (Å²) in [5.41, 5.74) is 2.33. The minimum absolute atomic E-state index is 0.193. The molecular weight excluding hydrogens is 265 g/mol. The highest BCUT2D eigenvalue weighted by Crippen LogP contribution is 2.28. The van der Waals surface area contributed by atoms with Crippen LogP contribution in [0.1, 0.15) is 30.0 Å². The van der Waals surface area contributed by atoms with Crippen molar-refractivity contribution < 1.29 is 9.13 Å². The monoisotopic (exact) mass is 285 g/mol. The van der Waals surface area contributed by atoms with Gasteiger partial charge in [-0.1, -0.05) is 24.3 Å². The van der Waals surface area contributed by atoms with Gasteiger partial charge in [0.25, 0.3) is 0 Å². The van der Waals surface area contributed by atoms with E-state index in [1.165, 1.54) is 30.5 Å². The summed E-state index contributed by atoms with van der Waals surface area (Å²) in [6.45, 7) is 0. The van der Waals surface area contributed by atoms with Crippen LogP contribution in [-0.4, -0.2) is 13.2 Å². The average molecular weight is 285 g/mol. The lowest BCUT2D eigenvalue weighted by Gasteiger charge is -2.17. The zero-order valence-corrected chi connectivity index (χ0v) is 12.2. The maximum atomic E-state index is 13.0. The number of hydrogen-bond donors (Lipinski definition) is 1. The van der Waals surface area contributed by atoms with E-state index in [-0.39, 0.29) is 11.9 Å². The Labute approximate surface area is 125 Å². The van der Waals surface area contributed by atoms with E-state index < -0.39 is 0 Å². The predicted octanol–water partition coefficient (Wildman–Crippen LogP) is 3.87. The molecule has 0 heterocycles. The Hall–Kier alpha value is -1.87. The first-order chi connectivity index (χ1) is 10.2. The van der Waals surface area contributed by atoms with Crippen molar-refractivity contribution in [3.05, 3.63) is 65.5 Å². The molecule has 0 aromatic heterocycles. The topological polar surface area (TPSA) is 21.3 Å². The number of nitrogens with one attached hydrogen (secondary N) is 1. The van der Waals surface area contributed by atoms with Gasteiger partial charge in [-0.05, 0) is 61.7 Å². The fraction of sp³-hybridized carbons (Fsp3) is 0.333. The molecule has 3 heteroatoms. The Balaban J connectivity index is 1.68. The molecule has 0 saturated heterocycles. The van der Waals surface area contributed by atoms with Crippen molar-refractivity contribution in [2.45, 2.75) is 31.4 Å². The fourth-order valence-corrected chi connectivity index (χ4v) is 2.40. The molecule has 1 fully saturated rings. The molecular formula is C18H20FNO. The summed E-state index contributed by atoms with van der Waals surface area (Å²) in [6, 6.07) is 15.2. The van der Waals surface area contributed by atoms with Gasteiger partial charge in [0.15, 0.2) is 0 Å². The van der Waals surface area contributed by atoms with Gasteiger partial charge in [0.2, 0.25) is 0 Å². The average Bonchev–Trinajstić information content (AvgIpc) is 3.32. The second kappa shape index (κ2) is 6.27. The lowest BCUT2D eigenvalue weighted by molar-refractivity contribution is 0.303. The summed E-state index contributed by atoms with van der Waals surface area (Å²) in [5, 5.41) is 3.32. The smallest absolute Gasteiger partial charge is 0.123 e. The Kier molecular flexibility index (Phi) is 4.20. The van der Waals surface area contributed by atoms with E-state index >= 15 is 0 Å². The van der Waals surface area contributed by atoms with Crippen molar-refractivity contribution in [2.24, 2.45) is 0 Å². The van der Waals surface area contributed by atoms with Crippen LogP contribution in [0.5, 0.6) is 5.75 Å². The largest absolute Gasteiger partial charge is 0.490 e. The molecule has 1 saturated carbocycles. The molecule has 0 spiro atoms. The lowest BCUT2D eigenvalue weighted by Crippen LogP contribution is -2.18. The van der Waals surface area contributed by atoms with Crippen LogP contribution in [0.15, 0.2) is 48.5 Å². The third-order valence-electron chi connectivity index (χ3n) is 3.81. The van der Waals surface area contributed by atoms with E-state index in [0.717, 1.165) is 17.7 Å². The maximum absolute atomic E-state index is 13.0. The number of rotatable bonds is 6. The number of hydrogen-bond acceptors (Lipinski definition) is 2. The molecule has 1 atom stereocenters. The van der Waals surface area contributed by atoms with Crippen LogP contribution in [0.4, 0.5) is 4.39 Å². The summed E-state index contributed by atoms with van der Waals surface area (Å²) in [5.74, 6) is 0.749. The molecule has 0 radical (unpaired) electrons. The Morgan fingerprint density at radius 2 is 1.76 bits per heavy atom. The summed E-state index contributed by atoms with van der Waals surface area (Å²) >= 11 is 0. The third-order valence-corrected chi connectivity index (χ3v) is 3.81. The number of ether oxygens (including phenoxy) is 1. The van der Waals surface area contributed by atoms with Gasteiger partial charge in [0, 0.05) is 6.04 Å². The van der Waals surface area contributed by atoms with Crippen LogP contribution in [0.2, 0.25) is 0 Å². The first-order valence-corrected chi connectivity index (χ1v) is 7.43. The van der Waals surface area contributed by atoms with Gasteiger partial charge < -0.3 is 10.1 Å². The fourth-order valence-electron chi connectivity index (χ4n) is 2.40. The first kappa shape index (κ1) is 14.1. The van der Waals surface area contributed by atoms with Gasteiger partial charge in [-0.2, -0.15) is 0 Å². The van der Waals surface area contributed by atoms with Gasteiger partial charge in [-0.3, -0.25) is 0 Å². The second-order valence-corrected chi connectivity index (χ2v) is 5.56. The number of halogens is 1. The molecule has 1 N–H and O–H groups in total. The second-order valence-electron chi connectivity index (χ2n) is 5.56. The molecule has 2 aromatic rings. The van der Waals surface area contributed by atoms with Gasteiger partial charge in [0.05, 0.1) is 6.10 Å². The molecule has 2 aromatic carbocycles.